The second kappa shape index (κ2) is 43.2. The van der Waals surface area contributed by atoms with E-state index in [2.05, 4.69) is 50.4 Å². The van der Waals surface area contributed by atoms with Gasteiger partial charge in [-0.15, -0.1) is 0 Å². The van der Waals surface area contributed by atoms with E-state index in [-0.39, 0.29) is 24.9 Å². The van der Waals surface area contributed by atoms with E-state index in [1.54, 1.807) is 0 Å². The summed E-state index contributed by atoms with van der Waals surface area (Å²) in [5.74, 6) is -0.503. The normalized spacial score (nSPS) is 13.6. The number of amides is 1. The SMILES string of the molecule is CC/C=C/C=C/C=C\CCCCCC(CC(=O)NC(CO)C(O)CCCCCCCCCCC)OC(=O)CCCCCCCCCCCCCCCCCC. The molecular formula is C49H91NO5. The third-order valence-electron chi connectivity index (χ3n) is 10.8. The van der Waals surface area contributed by atoms with E-state index in [4.69, 9.17) is 4.74 Å². The second-order valence-corrected chi connectivity index (χ2v) is 16.2. The second-order valence-electron chi connectivity index (χ2n) is 16.2. The molecule has 0 rings (SSSR count). The van der Waals surface area contributed by atoms with Crippen molar-refractivity contribution < 1.29 is 24.5 Å². The van der Waals surface area contributed by atoms with Crippen LogP contribution in [0.3, 0.4) is 0 Å². The maximum absolute atomic E-state index is 13.1. The summed E-state index contributed by atoms with van der Waals surface area (Å²) in [7, 11) is 0. The highest BCUT2D eigenvalue weighted by molar-refractivity contribution is 5.77. The Bertz CT molecular complexity index is 915. The molecule has 55 heavy (non-hydrogen) atoms. The number of rotatable bonds is 42. The summed E-state index contributed by atoms with van der Waals surface area (Å²) in [4.78, 5) is 26.0. The first-order valence-electron chi connectivity index (χ1n) is 23.7. The Labute approximate surface area is 341 Å². The van der Waals surface area contributed by atoms with Crippen LogP contribution in [0, 0.1) is 0 Å². The van der Waals surface area contributed by atoms with Crippen molar-refractivity contribution in [3.8, 4) is 0 Å². The summed E-state index contributed by atoms with van der Waals surface area (Å²) < 4.78 is 5.89. The molecular weight excluding hydrogens is 683 g/mol. The third-order valence-corrected chi connectivity index (χ3v) is 10.8. The first kappa shape index (κ1) is 53.1. The summed E-state index contributed by atoms with van der Waals surface area (Å²) in [6.45, 7) is 6.32. The third kappa shape index (κ3) is 38.7. The van der Waals surface area contributed by atoms with Crippen LogP contribution in [0.2, 0.25) is 0 Å². The van der Waals surface area contributed by atoms with E-state index in [0.29, 0.717) is 19.3 Å². The Hall–Kier alpha value is -1.92. The minimum absolute atomic E-state index is 0.0575. The molecule has 6 nitrogen and oxygen atoms in total. The van der Waals surface area contributed by atoms with E-state index in [1.165, 1.54) is 122 Å². The Morgan fingerprint density at radius 1 is 0.545 bits per heavy atom. The zero-order chi connectivity index (χ0) is 40.3. The molecule has 322 valence electrons. The summed E-state index contributed by atoms with van der Waals surface area (Å²) >= 11 is 0. The van der Waals surface area contributed by atoms with Gasteiger partial charge >= 0.3 is 5.97 Å². The molecule has 0 aliphatic rings. The fourth-order valence-electron chi connectivity index (χ4n) is 7.19. The van der Waals surface area contributed by atoms with Crippen LogP contribution in [0.1, 0.15) is 239 Å². The molecule has 0 saturated heterocycles. The zero-order valence-corrected chi connectivity index (χ0v) is 36.6. The van der Waals surface area contributed by atoms with E-state index in [0.717, 1.165) is 70.6 Å². The molecule has 3 unspecified atom stereocenters. The lowest BCUT2D eigenvalue weighted by Crippen LogP contribution is -2.46. The summed E-state index contributed by atoms with van der Waals surface area (Å²) in [6.07, 6.45) is 49.3. The highest BCUT2D eigenvalue weighted by Crippen LogP contribution is 2.17. The summed E-state index contributed by atoms with van der Waals surface area (Å²) in [6, 6.07) is -0.707. The standard InChI is InChI=1S/C49H91NO5/c1-4-7-10-13-16-19-21-22-23-24-25-27-30-33-36-39-42-49(54)55-45(40-37-34-31-29-26-20-17-14-11-8-5-2)43-48(53)50-46(44-51)47(52)41-38-35-32-28-18-15-12-9-6-3/h8,11,14,17,20,26,45-47,51-52H,4-7,9-10,12-13,15-16,18-19,21-25,27-44H2,1-3H3,(H,50,53)/b11-8+,17-14+,26-20-. The van der Waals surface area contributed by atoms with Crippen LogP contribution >= 0.6 is 0 Å². The highest BCUT2D eigenvalue weighted by atomic mass is 16.5. The zero-order valence-electron chi connectivity index (χ0n) is 36.6. The average Bonchev–Trinajstić information content (AvgIpc) is 3.18. The van der Waals surface area contributed by atoms with E-state index in [9.17, 15) is 19.8 Å². The Balaban J connectivity index is 4.54. The van der Waals surface area contributed by atoms with Gasteiger partial charge in [0.25, 0.3) is 0 Å². The van der Waals surface area contributed by atoms with Crippen molar-refractivity contribution in [1.29, 1.82) is 0 Å². The number of esters is 1. The van der Waals surface area contributed by atoms with Crippen LogP contribution < -0.4 is 5.32 Å². The molecule has 0 heterocycles. The van der Waals surface area contributed by atoms with Crippen LogP contribution in [0.15, 0.2) is 36.5 Å². The lowest BCUT2D eigenvalue weighted by atomic mass is 10.0. The average molecular weight is 774 g/mol. The van der Waals surface area contributed by atoms with Gasteiger partial charge in [0, 0.05) is 6.42 Å². The number of carbonyl (C=O) groups excluding carboxylic acids is 2. The number of allylic oxidation sites excluding steroid dienone is 6. The molecule has 0 radical (unpaired) electrons. The number of nitrogens with one attached hydrogen (secondary N) is 1. The Kier molecular flexibility index (Phi) is 41.7. The predicted octanol–water partition coefficient (Wildman–Crippen LogP) is 13.7. The minimum Gasteiger partial charge on any atom is -0.462 e. The molecule has 3 atom stereocenters. The topological polar surface area (TPSA) is 95.9 Å². The van der Waals surface area contributed by atoms with Gasteiger partial charge < -0.3 is 20.3 Å². The van der Waals surface area contributed by atoms with Crippen LogP contribution in [-0.2, 0) is 14.3 Å². The molecule has 0 fully saturated rings. The van der Waals surface area contributed by atoms with Gasteiger partial charge in [0.1, 0.15) is 6.10 Å². The summed E-state index contributed by atoms with van der Waals surface area (Å²) in [5, 5.41) is 23.6. The maximum atomic E-state index is 13.1. The first-order valence-corrected chi connectivity index (χ1v) is 23.7. The summed E-state index contributed by atoms with van der Waals surface area (Å²) in [5.41, 5.74) is 0. The molecule has 0 aromatic rings. The maximum Gasteiger partial charge on any atom is 0.306 e. The minimum atomic E-state index is -0.792. The van der Waals surface area contributed by atoms with Crippen LogP contribution in [0.4, 0.5) is 0 Å². The first-order chi connectivity index (χ1) is 27.0. The monoisotopic (exact) mass is 774 g/mol. The van der Waals surface area contributed by atoms with Gasteiger partial charge in [0.15, 0.2) is 0 Å². The van der Waals surface area contributed by atoms with E-state index < -0.39 is 18.2 Å². The van der Waals surface area contributed by atoms with Gasteiger partial charge in [0.2, 0.25) is 5.91 Å². The number of aliphatic hydroxyl groups excluding tert-OH is 2. The molecule has 1 amide bonds. The van der Waals surface area contributed by atoms with Gasteiger partial charge in [-0.1, -0.05) is 218 Å². The number of unbranched alkanes of at least 4 members (excludes halogenated alkanes) is 26. The lowest BCUT2D eigenvalue weighted by molar-refractivity contribution is -0.151. The van der Waals surface area contributed by atoms with Gasteiger partial charge in [0.05, 0.1) is 25.2 Å². The van der Waals surface area contributed by atoms with E-state index >= 15 is 0 Å². The number of carbonyl (C=O) groups is 2. The smallest absolute Gasteiger partial charge is 0.306 e. The van der Waals surface area contributed by atoms with Gasteiger partial charge in [-0.3, -0.25) is 9.59 Å². The van der Waals surface area contributed by atoms with Crippen LogP contribution in [0.25, 0.3) is 0 Å². The van der Waals surface area contributed by atoms with Crippen molar-refractivity contribution in [2.24, 2.45) is 0 Å². The van der Waals surface area contributed by atoms with Crippen LogP contribution in [0.5, 0.6) is 0 Å². The van der Waals surface area contributed by atoms with Gasteiger partial charge in [-0.25, -0.2) is 0 Å². The van der Waals surface area contributed by atoms with Gasteiger partial charge in [-0.2, -0.15) is 0 Å². The van der Waals surface area contributed by atoms with Crippen molar-refractivity contribution in [1.82, 2.24) is 5.32 Å². The van der Waals surface area contributed by atoms with Crippen molar-refractivity contribution in [2.45, 2.75) is 257 Å². The van der Waals surface area contributed by atoms with Crippen molar-refractivity contribution >= 4 is 11.9 Å². The fraction of sp³-hybridized carbons (Fsp3) is 0.837. The Morgan fingerprint density at radius 2 is 0.982 bits per heavy atom. The molecule has 6 heteroatoms. The number of hydrogen-bond donors (Lipinski definition) is 3. The predicted molar refractivity (Wildman–Crippen MR) is 236 cm³/mol. The van der Waals surface area contributed by atoms with Gasteiger partial charge in [-0.05, 0) is 44.9 Å². The highest BCUT2D eigenvalue weighted by Gasteiger charge is 2.24. The van der Waals surface area contributed by atoms with Crippen molar-refractivity contribution in [2.75, 3.05) is 6.61 Å². The molecule has 0 aliphatic carbocycles. The van der Waals surface area contributed by atoms with E-state index in [1.807, 2.05) is 12.2 Å². The van der Waals surface area contributed by atoms with Crippen molar-refractivity contribution in [3.63, 3.8) is 0 Å². The lowest BCUT2D eigenvalue weighted by Gasteiger charge is -2.24. The van der Waals surface area contributed by atoms with Crippen LogP contribution in [-0.4, -0.2) is 46.9 Å². The molecule has 0 aromatic carbocycles. The molecule has 0 aliphatic heterocycles. The molecule has 0 saturated carbocycles. The quantitative estimate of drug-likeness (QED) is 0.0326. The molecule has 0 aromatic heterocycles. The number of ether oxygens (including phenoxy) is 1. The fourth-order valence-corrected chi connectivity index (χ4v) is 7.19. The molecule has 3 N–H and O–H groups in total. The molecule has 0 spiro atoms. The largest absolute Gasteiger partial charge is 0.462 e. The number of aliphatic hydroxyl groups is 2. The number of hydrogen-bond acceptors (Lipinski definition) is 5. The van der Waals surface area contributed by atoms with Crippen molar-refractivity contribution in [3.05, 3.63) is 36.5 Å². The molecule has 0 bridgehead atoms. The Morgan fingerprint density at radius 3 is 1.47 bits per heavy atom.